The van der Waals surface area contributed by atoms with Gasteiger partial charge in [-0.05, 0) is 43.9 Å². The summed E-state index contributed by atoms with van der Waals surface area (Å²) in [5, 5.41) is 10.1. The van der Waals surface area contributed by atoms with Gasteiger partial charge in [0.05, 0.1) is 34.4 Å². The van der Waals surface area contributed by atoms with Gasteiger partial charge in [-0.15, -0.1) is 0 Å². The van der Waals surface area contributed by atoms with E-state index in [9.17, 15) is 10.1 Å². The minimum Gasteiger partial charge on any atom is -0.342 e. The molecule has 6 nitrogen and oxygen atoms in total. The molecule has 2 aromatic heterocycles. The first-order chi connectivity index (χ1) is 12.7. The normalized spacial score (nSPS) is 20.4. The molecule has 130 valence electrons. The lowest BCUT2D eigenvalue weighted by Gasteiger charge is -2.32. The molecule has 1 aliphatic carbocycles. The zero-order chi connectivity index (χ0) is 17.7. The van der Waals surface area contributed by atoms with E-state index in [1.165, 1.54) is 0 Å². The fraction of sp³-hybridized carbons (Fsp3) is 0.400. The molecule has 5 rings (SSSR count). The van der Waals surface area contributed by atoms with Crippen molar-refractivity contribution in [3.05, 3.63) is 35.8 Å². The van der Waals surface area contributed by atoms with Crippen molar-refractivity contribution in [3.63, 3.8) is 0 Å². The number of nitrogens with one attached hydrogen (secondary N) is 1. The van der Waals surface area contributed by atoms with Gasteiger partial charge in [-0.3, -0.25) is 9.78 Å². The molecule has 2 fully saturated rings. The predicted molar refractivity (Wildman–Crippen MR) is 97.4 cm³/mol. The highest BCUT2D eigenvalue weighted by atomic mass is 16.2. The van der Waals surface area contributed by atoms with E-state index >= 15 is 0 Å². The Morgan fingerprint density at radius 1 is 1.31 bits per heavy atom. The van der Waals surface area contributed by atoms with Crippen LogP contribution in [0.3, 0.4) is 0 Å². The molecule has 6 heteroatoms. The van der Waals surface area contributed by atoms with Crippen LogP contribution in [0, 0.1) is 17.2 Å². The number of carbonyl (C=O) groups excluding carboxylic acids is 1. The standard InChI is InChI=1S/C20H19N5O/c21-9-12-3-6-16-15(8-12)18-17(10-22-16)23-19(24-18)14-2-1-7-25(11-14)20(26)13-4-5-13/h3,6,8,10,13-14H,1-2,4-5,7,11H2,(H,23,24)/t14-/m0/s1. The Kier molecular flexibility index (Phi) is 3.42. The zero-order valence-electron chi connectivity index (χ0n) is 14.4. The summed E-state index contributed by atoms with van der Waals surface area (Å²) >= 11 is 0. The highest BCUT2D eigenvalue weighted by molar-refractivity contribution is 6.02. The molecule has 1 atom stereocenters. The van der Waals surface area contributed by atoms with Crippen molar-refractivity contribution in [1.29, 1.82) is 5.26 Å². The van der Waals surface area contributed by atoms with Crippen LogP contribution in [0.1, 0.15) is 43.0 Å². The molecule has 0 spiro atoms. The molecular formula is C20H19N5O. The van der Waals surface area contributed by atoms with Gasteiger partial charge in [0.1, 0.15) is 5.82 Å². The minimum absolute atomic E-state index is 0.230. The van der Waals surface area contributed by atoms with Gasteiger partial charge in [0.15, 0.2) is 0 Å². The van der Waals surface area contributed by atoms with Gasteiger partial charge in [0.25, 0.3) is 0 Å². The van der Waals surface area contributed by atoms with Gasteiger partial charge in [-0.1, -0.05) is 0 Å². The average molecular weight is 345 g/mol. The smallest absolute Gasteiger partial charge is 0.225 e. The number of hydrogen-bond acceptors (Lipinski definition) is 4. The number of aromatic nitrogens is 3. The third kappa shape index (κ3) is 2.51. The number of amides is 1. The van der Waals surface area contributed by atoms with Gasteiger partial charge < -0.3 is 9.88 Å². The summed E-state index contributed by atoms with van der Waals surface area (Å²) in [5.41, 5.74) is 3.18. The lowest BCUT2D eigenvalue weighted by atomic mass is 9.97. The molecular weight excluding hydrogens is 326 g/mol. The van der Waals surface area contributed by atoms with Crippen LogP contribution in [-0.2, 0) is 4.79 Å². The van der Waals surface area contributed by atoms with E-state index in [-0.39, 0.29) is 11.8 Å². The van der Waals surface area contributed by atoms with Gasteiger partial charge in [-0.2, -0.15) is 5.26 Å². The third-order valence-electron chi connectivity index (χ3n) is 5.51. The molecule has 1 aromatic carbocycles. The second kappa shape index (κ2) is 5.80. The molecule has 1 saturated heterocycles. The van der Waals surface area contributed by atoms with Crippen molar-refractivity contribution in [2.45, 2.75) is 31.6 Å². The number of nitrogens with zero attached hydrogens (tertiary/aromatic N) is 4. The minimum atomic E-state index is 0.230. The molecule has 3 aromatic rings. The topological polar surface area (TPSA) is 85.7 Å². The number of benzene rings is 1. The average Bonchev–Trinajstić information content (AvgIpc) is 3.44. The van der Waals surface area contributed by atoms with E-state index < -0.39 is 0 Å². The van der Waals surface area contributed by atoms with Crippen LogP contribution >= 0.6 is 0 Å². The number of pyridine rings is 1. The Bertz CT molecular complexity index is 1060. The summed E-state index contributed by atoms with van der Waals surface area (Å²) in [6.45, 7) is 1.60. The third-order valence-corrected chi connectivity index (χ3v) is 5.51. The number of aromatic amines is 1. The number of rotatable bonds is 2. The molecule has 0 unspecified atom stereocenters. The Labute approximate surface area is 150 Å². The highest BCUT2D eigenvalue weighted by Crippen LogP contribution is 2.34. The number of hydrogen-bond donors (Lipinski definition) is 1. The van der Waals surface area contributed by atoms with Gasteiger partial charge in [0.2, 0.25) is 5.91 Å². The van der Waals surface area contributed by atoms with E-state index in [1.807, 2.05) is 17.0 Å². The summed E-state index contributed by atoms with van der Waals surface area (Å²) < 4.78 is 0. The SMILES string of the molecule is N#Cc1ccc2ncc3[nH]c([C@H]4CCCN(C(=O)C5CC5)C4)nc3c2c1. The molecule has 0 radical (unpaired) electrons. The van der Waals surface area contributed by atoms with Crippen molar-refractivity contribution >= 4 is 27.8 Å². The quantitative estimate of drug-likeness (QED) is 0.773. The van der Waals surface area contributed by atoms with Crippen molar-refractivity contribution < 1.29 is 4.79 Å². The van der Waals surface area contributed by atoms with Crippen LogP contribution in [0.25, 0.3) is 21.9 Å². The second-order valence-corrected chi connectivity index (χ2v) is 7.38. The van der Waals surface area contributed by atoms with Crippen molar-refractivity contribution in [2.24, 2.45) is 5.92 Å². The lowest BCUT2D eigenvalue weighted by Crippen LogP contribution is -2.40. The maximum absolute atomic E-state index is 12.4. The Balaban J connectivity index is 1.51. The lowest BCUT2D eigenvalue weighted by molar-refractivity contribution is -0.133. The molecule has 1 N–H and O–H groups in total. The van der Waals surface area contributed by atoms with Crippen LogP contribution in [-0.4, -0.2) is 38.8 Å². The first-order valence-electron chi connectivity index (χ1n) is 9.20. The van der Waals surface area contributed by atoms with E-state index in [0.29, 0.717) is 11.5 Å². The zero-order valence-corrected chi connectivity index (χ0v) is 14.4. The first-order valence-corrected chi connectivity index (χ1v) is 9.20. The summed E-state index contributed by atoms with van der Waals surface area (Å²) in [6, 6.07) is 7.66. The van der Waals surface area contributed by atoms with Gasteiger partial charge in [-0.25, -0.2) is 4.98 Å². The second-order valence-electron chi connectivity index (χ2n) is 7.38. The summed E-state index contributed by atoms with van der Waals surface area (Å²) in [5.74, 6) is 1.73. The summed E-state index contributed by atoms with van der Waals surface area (Å²) in [4.78, 5) is 27.2. The molecule has 2 aliphatic rings. The Morgan fingerprint density at radius 2 is 2.19 bits per heavy atom. The Hall–Kier alpha value is -2.94. The molecule has 3 heterocycles. The molecule has 1 amide bonds. The first kappa shape index (κ1) is 15.3. The Morgan fingerprint density at radius 3 is 3.00 bits per heavy atom. The van der Waals surface area contributed by atoms with Crippen LogP contribution in [0.2, 0.25) is 0 Å². The maximum Gasteiger partial charge on any atom is 0.225 e. The van der Waals surface area contributed by atoms with Crippen molar-refractivity contribution in [1.82, 2.24) is 19.9 Å². The number of nitriles is 1. The number of likely N-dealkylation sites (tertiary alicyclic amines) is 1. The van der Waals surface area contributed by atoms with Crippen LogP contribution < -0.4 is 0 Å². The fourth-order valence-corrected chi connectivity index (χ4v) is 3.93. The van der Waals surface area contributed by atoms with Crippen LogP contribution in [0.5, 0.6) is 0 Å². The molecule has 1 saturated carbocycles. The number of imidazole rings is 1. The summed E-state index contributed by atoms with van der Waals surface area (Å²) in [6.07, 6.45) is 5.93. The van der Waals surface area contributed by atoms with Gasteiger partial charge in [0, 0.05) is 30.3 Å². The number of carbonyl (C=O) groups is 1. The number of H-pyrrole nitrogens is 1. The van der Waals surface area contributed by atoms with Crippen LogP contribution in [0.4, 0.5) is 0 Å². The predicted octanol–water partition coefficient (Wildman–Crippen LogP) is 3.10. The van der Waals surface area contributed by atoms with E-state index in [1.54, 1.807) is 12.3 Å². The van der Waals surface area contributed by atoms with Crippen molar-refractivity contribution in [3.8, 4) is 6.07 Å². The molecule has 0 bridgehead atoms. The van der Waals surface area contributed by atoms with Crippen LogP contribution in [0.15, 0.2) is 24.4 Å². The van der Waals surface area contributed by atoms with E-state index in [0.717, 1.165) is 66.5 Å². The largest absolute Gasteiger partial charge is 0.342 e. The highest BCUT2D eigenvalue weighted by Gasteiger charge is 2.36. The molecule has 1 aliphatic heterocycles. The van der Waals surface area contributed by atoms with Gasteiger partial charge >= 0.3 is 0 Å². The van der Waals surface area contributed by atoms with Crippen molar-refractivity contribution in [2.75, 3.05) is 13.1 Å². The fourth-order valence-electron chi connectivity index (χ4n) is 3.93. The number of fused-ring (bicyclic) bond motifs is 3. The van der Waals surface area contributed by atoms with E-state index in [4.69, 9.17) is 4.98 Å². The van der Waals surface area contributed by atoms with E-state index in [2.05, 4.69) is 16.0 Å². The number of piperidine rings is 1. The molecule has 26 heavy (non-hydrogen) atoms. The summed E-state index contributed by atoms with van der Waals surface area (Å²) in [7, 11) is 0. The maximum atomic E-state index is 12.4. The monoisotopic (exact) mass is 345 g/mol.